The fourth-order valence-corrected chi connectivity index (χ4v) is 5.94. The van der Waals surface area contributed by atoms with Crippen LogP contribution in [0.3, 0.4) is 0 Å². The summed E-state index contributed by atoms with van der Waals surface area (Å²) in [6.45, 7) is 8.44. The first-order valence-electron chi connectivity index (χ1n) is 14.9. The molecule has 1 heterocycles. The lowest BCUT2D eigenvalue weighted by Crippen LogP contribution is -2.43. The van der Waals surface area contributed by atoms with E-state index in [0.29, 0.717) is 46.9 Å². The summed E-state index contributed by atoms with van der Waals surface area (Å²) in [6.07, 6.45) is 5.33. The third kappa shape index (κ3) is 8.55. The van der Waals surface area contributed by atoms with Crippen molar-refractivity contribution in [3.05, 3.63) is 74.3 Å². The van der Waals surface area contributed by atoms with Gasteiger partial charge in [0, 0.05) is 23.3 Å². The second kappa shape index (κ2) is 16.9. The number of methoxy groups -OCH3 is 1. The van der Waals surface area contributed by atoms with Gasteiger partial charge in [-0.05, 0) is 93.8 Å². The molecule has 0 saturated heterocycles. The van der Waals surface area contributed by atoms with Crippen molar-refractivity contribution in [3.8, 4) is 0 Å². The minimum absolute atomic E-state index is 0.0223. The SMILES string of the molecule is CCOC(=O)/C(Cl)=C/c1cc(N2C(=O)C3=C(CCCC3)C2=O)ccc1Cl.CCc1cccc(C)c1N(C(=O)CCl)C(C)COC. The zero-order valence-electron chi connectivity index (χ0n) is 26.3. The maximum Gasteiger partial charge on any atom is 0.349 e. The summed E-state index contributed by atoms with van der Waals surface area (Å²) in [6, 6.07) is 10.8. The summed E-state index contributed by atoms with van der Waals surface area (Å²) in [5.41, 5.74) is 5.25. The van der Waals surface area contributed by atoms with Crippen LogP contribution in [-0.4, -0.2) is 55.9 Å². The third-order valence-electron chi connectivity index (χ3n) is 7.56. The summed E-state index contributed by atoms with van der Waals surface area (Å²) in [4.78, 5) is 52.1. The van der Waals surface area contributed by atoms with Gasteiger partial charge in [0.25, 0.3) is 11.8 Å². The van der Waals surface area contributed by atoms with Gasteiger partial charge in [-0.2, -0.15) is 0 Å². The Labute approximate surface area is 279 Å². The number of anilines is 2. The van der Waals surface area contributed by atoms with E-state index in [-0.39, 0.29) is 41.3 Å². The van der Waals surface area contributed by atoms with Crippen LogP contribution in [0.15, 0.2) is 52.6 Å². The van der Waals surface area contributed by atoms with Crippen LogP contribution in [0.2, 0.25) is 5.02 Å². The van der Waals surface area contributed by atoms with Gasteiger partial charge >= 0.3 is 5.97 Å². The van der Waals surface area contributed by atoms with Crippen LogP contribution < -0.4 is 9.80 Å². The molecule has 0 bridgehead atoms. The molecular weight excluding hydrogens is 639 g/mol. The van der Waals surface area contributed by atoms with Gasteiger partial charge in [0.05, 0.1) is 30.6 Å². The van der Waals surface area contributed by atoms with Crippen molar-refractivity contribution in [2.45, 2.75) is 65.8 Å². The molecule has 0 N–H and O–H groups in total. The summed E-state index contributed by atoms with van der Waals surface area (Å²) >= 11 is 17.9. The van der Waals surface area contributed by atoms with E-state index in [2.05, 4.69) is 13.0 Å². The summed E-state index contributed by atoms with van der Waals surface area (Å²) < 4.78 is 10.0. The molecule has 3 amide bonds. The lowest BCUT2D eigenvalue weighted by atomic mass is 9.93. The van der Waals surface area contributed by atoms with Crippen molar-refractivity contribution in [3.63, 3.8) is 0 Å². The van der Waals surface area contributed by atoms with Crippen molar-refractivity contribution < 1.29 is 28.7 Å². The number of carbonyl (C=O) groups is 4. The maximum atomic E-state index is 12.7. The quantitative estimate of drug-likeness (QED) is 0.113. The molecule has 0 fully saturated rings. The van der Waals surface area contributed by atoms with E-state index in [9.17, 15) is 19.2 Å². The van der Waals surface area contributed by atoms with Gasteiger partial charge in [0.15, 0.2) is 0 Å². The highest BCUT2D eigenvalue weighted by molar-refractivity contribution is 6.43. The van der Waals surface area contributed by atoms with Gasteiger partial charge in [0.2, 0.25) is 5.91 Å². The smallest absolute Gasteiger partial charge is 0.349 e. The van der Waals surface area contributed by atoms with Crippen molar-refractivity contribution in [1.82, 2.24) is 0 Å². The van der Waals surface area contributed by atoms with E-state index < -0.39 is 5.97 Å². The molecule has 45 heavy (non-hydrogen) atoms. The highest BCUT2D eigenvalue weighted by atomic mass is 35.5. The predicted octanol–water partition coefficient (Wildman–Crippen LogP) is 7.39. The lowest BCUT2D eigenvalue weighted by Gasteiger charge is -2.31. The fraction of sp³-hybridized carbons (Fsp3) is 0.412. The molecule has 1 atom stereocenters. The molecule has 1 unspecified atom stereocenters. The first-order chi connectivity index (χ1) is 21.5. The number of alkyl halides is 1. The van der Waals surface area contributed by atoms with Gasteiger partial charge in [-0.15, -0.1) is 11.6 Å². The van der Waals surface area contributed by atoms with Gasteiger partial charge in [-0.25, -0.2) is 9.69 Å². The van der Waals surface area contributed by atoms with E-state index in [4.69, 9.17) is 44.3 Å². The third-order valence-corrected chi connectivity index (χ3v) is 8.39. The Morgan fingerprint density at radius 1 is 1.07 bits per heavy atom. The highest BCUT2D eigenvalue weighted by Crippen LogP contribution is 2.37. The zero-order chi connectivity index (χ0) is 33.3. The summed E-state index contributed by atoms with van der Waals surface area (Å²) in [5, 5.41) is 0.204. The predicted molar refractivity (Wildman–Crippen MR) is 180 cm³/mol. The largest absolute Gasteiger partial charge is 0.462 e. The number of esters is 1. The molecular formula is C34H39Cl3N2O6. The van der Waals surface area contributed by atoms with Gasteiger partial charge in [-0.1, -0.05) is 48.3 Å². The number of imide groups is 1. The van der Waals surface area contributed by atoms with E-state index in [1.165, 1.54) is 11.0 Å². The van der Waals surface area contributed by atoms with Gasteiger partial charge < -0.3 is 14.4 Å². The number of hydrogen-bond acceptors (Lipinski definition) is 6. The van der Waals surface area contributed by atoms with Crippen molar-refractivity contribution >= 4 is 75.9 Å². The lowest BCUT2D eigenvalue weighted by molar-refractivity contribution is -0.137. The summed E-state index contributed by atoms with van der Waals surface area (Å²) in [5.74, 6) is -1.33. The van der Waals surface area contributed by atoms with E-state index >= 15 is 0 Å². The topological polar surface area (TPSA) is 93.2 Å². The molecule has 0 aromatic heterocycles. The van der Waals surface area contributed by atoms with E-state index in [0.717, 1.165) is 36.1 Å². The van der Waals surface area contributed by atoms with Gasteiger partial charge in [0.1, 0.15) is 10.9 Å². The Balaban J connectivity index is 0.000000259. The van der Waals surface area contributed by atoms with E-state index in [1.54, 1.807) is 37.1 Å². The normalized spacial score (nSPS) is 15.4. The molecule has 1 aliphatic heterocycles. The number of hydrogen-bond donors (Lipinski definition) is 0. The van der Waals surface area contributed by atoms with Crippen molar-refractivity contribution in [2.75, 3.05) is 36.0 Å². The highest BCUT2D eigenvalue weighted by Gasteiger charge is 2.39. The van der Waals surface area contributed by atoms with Crippen LogP contribution in [0.4, 0.5) is 11.4 Å². The molecule has 11 heteroatoms. The molecule has 0 radical (unpaired) electrons. The van der Waals surface area contributed by atoms with Crippen LogP contribution in [-0.2, 0) is 35.1 Å². The first-order valence-corrected chi connectivity index (χ1v) is 16.2. The number of rotatable bonds is 10. The number of aryl methyl sites for hydroxylation is 2. The Bertz CT molecular complexity index is 1470. The number of carbonyl (C=O) groups excluding carboxylic acids is 4. The first kappa shape index (κ1) is 36.3. The Morgan fingerprint density at radius 3 is 2.27 bits per heavy atom. The maximum absolute atomic E-state index is 12.7. The Morgan fingerprint density at radius 2 is 1.71 bits per heavy atom. The number of para-hydroxylation sites is 1. The number of nitrogens with zero attached hydrogens (tertiary/aromatic N) is 2. The molecule has 4 rings (SSSR count). The second-order valence-electron chi connectivity index (χ2n) is 10.7. The molecule has 242 valence electrons. The van der Waals surface area contributed by atoms with Crippen LogP contribution in [0, 0.1) is 6.92 Å². The van der Waals surface area contributed by atoms with E-state index in [1.807, 2.05) is 26.0 Å². The van der Waals surface area contributed by atoms with Crippen molar-refractivity contribution in [1.29, 1.82) is 0 Å². The average molecular weight is 678 g/mol. The molecule has 1 aliphatic carbocycles. The minimum atomic E-state index is -0.666. The number of ether oxygens (including phenoxy) is 2. The minimum Gasteiger partial charge on any atom is -0.462 e. The molecule has 2 aromatic rings. The second-order valence-corrected chi connectivity index (χ2v) is 11.7. The molecule has 8 nitrogen and oxygen atoms in total. The fourth-order valence-electron chi connectivity index (χ4n) is 5.47. The van der Waals surface area contributed by atoms with Crippen LogP contribution >= 0.6 is 34.8 Å². The average Bonchev–Trinajstić information content (AvgIpc) is 3.28. The Hall–Kier alpha value is -3.17. The number of benzene rings is 2. The number of amides is 3. The molecule has 0 saturated carbocycles. The Kier molecular flexibility index (Phi) is 13.7. The van der Waals surface area contributed by atoms with Crippen LogP contribution in [0.1, 0.15) is 63.1 Å². The zero-order valence-corrected chi connectivity index (χ0v) is 28.5. The van der Waals surface area contributed by atoms with Crippen LogP contribution in [0.25, 0.3) is 6.08 Å². The van der Waals surface area contributed by atoms with Crippen molar-refractivity contribution in [2.24, 2.45) is 0 Å². The molecule has 2 aromatic carbocycles. The molecule has 2 aliphatic rings. The molecule has 0 spiro atoms. The summed E-state index contributed by atoms with van der Waals surface area (Å²) in [7, 11) is 1.64. The van der Waals surface area contributed by atoms with Gasteiger partial charge in [-0.3, -0.25) is 14.4 Å². The number of halogens is 3. The monoisotopic (exact) mass is 676 g/mol. The standard InChI is InChI=1S/C19H17Cl2NO4.C15H22ClNO2/c1-2-26-19(25)16(21)10-11-9-12(7-8-15(11)20)22-17(23)13-5-3-4-6-14(13)18(22)24;1-5-13-8-6-7-11(2)15(13)17(14(18)9-16)12(3)10-19-4/h7-10H,2-6H2,1H3;6-8,12H,5,9-10H2,1-4H3/b16-10-;. The van der Waals surface area contributed by atoms with Crippen LogP contribution in [0.5, 0.6) is 0 Å².